The van der Waals surface area contributed by atoms with Gasteiger partial charge in [-0.15, -0.1) is 10.2 Å². The first kappa shape index (κ1) is 18.9. The summed E-state index contributed by atoms with van der Waals surface area (Å²) in [4.78, 5) is 22.4. The summed E-state index contributed by atoms with van der Waals surface area (Å²) in [7, 11) is 0. The predicted molar refractivity (Wildman–Crippen MR) is 103 cm³/mol. The second kappa shape index (κ2) is 7.80. The first-order chi connectivity index (χ1) is 12.9. The van der Waals surface area contributed by atoms with Crippen LogP contribution in [0, 0.1) is 17.0 Å². The van der Waals surface area contributed by atoms with Crippen molar-refractivity contribution in [2.75, 3.05) is 16.9 Å². The number of nitrogen functional groups attached to an aromatic ring is 1. The number of nitrogens with one attached hydrogen (secondary N) is 1. The van der Waals surface area contributed by atoms with E-state index in [0.717, 1.165) is 17.3 Å². The van der Waals surface area contributed by atoms with Crippen LogP contribution in [0.15, 0.2) is 44.6 Å². The zero-order valence-corrected chi connectivity index (χ0v) is 16.3. The summed E-state index contributed by atoms with van der Waals surface area (Å²) in [5.74, 6) is 6.80. The van der Waals surface area contributed by atoms with Gasteiger partial charge < -0.3 is 15.6 Å². The Morgan fingerprint density at radius 2 is 2.22 bits per heavy atom. The van der Waals surface area contributed by atoms with Crippen molar-refractivity contribution in [1.29, 1.82) is 0 Å². The number of hydrogen-bond acceptors (Lipinski definition) is 8. The molecule has 0 spiro atoms. The molecule has 10 nitrogen and oxygen atoms in total. The number of anilines is 1. The molecule has 3 aromatic rings. The first-order valence-corrected chi connectivity index (χ1v) is 9.26. The molecule has 0 bridgehead atoms. The highest BCUT2D eigenvalue weighted by Crippen LogP contribution is 2.28. The van der Waals surface area contributed by atoms with Crippen LogP contribution in [0.4, 0.5) is 11.4 Å². The molecule has 0 saturated heterocycles. The van der Waals surface area contributed by atoms with Gasteiger partial charge >= 0.3 is 0 Å². The summed E-state index contributed by atoms with van der Waals surface area (Å²) >= 11 is 4.31. The minimum atomic E-state index is -0.514. The molecule has 27 heavy (non-hydrogen) atoms. The van der Waals surface area contributed by atoms with E-state index in [2.05, 4.69) is 31.4 Å². The summed E-state index contributed by atoms with van der Waals surface area (Å²) in [6, 6.07) is 5.81. The standard InChI is InChI=1S/C15H13BrN6O4S/c1-8-10(4-5-26-8)14-19-20-15(21(14)17)27-7-13(23)18-12-3-2-9(22(24)25)6-11(12)16/h2-6H,7,17H2,1H3,(H,18,23). The number of rotatable bonds is 6. The number of amides is 1. The van der Waals surface area contributed by atoms with Crippen LogP contribution >= 0.6 is 27.7 Å². The molecule has 0 atom stereocenters. The monoisotopic (exact) mass is 452 g/mol. The lowest BCUT2D eigenvalue weighted by Gasteiger charge is -2.07. The second-order valence-corrected chi connectivity index (χ2v) is 7.12. The number of thioether (sulfide) groups is 1. The largest absolute Gasteiger partial charge is 0.469 e. The molecule has 2 heterocycles. The van der Waals surface area contributed by atoms with Gasteiger partial charge in [-0.2, -0.15) is 0 Å². The van der Waals surface area contributed by atoms with E-state index in [9.17, 15) is 14.9 Å². The van der Waals surface area contributed by atoms with Crippen LogP contribution in [0.5, 0.6) is 0 Å². The molecule has 1 amide bonds. The van der Waals surface area contributed by atoms with Crippen LogP contribution in [0.2, 0.25) is 0 Å². The Hall–Kier alpha value is -2.86. The molecule has 0 aliphatic carbocycles. The van der Waals surface area contributed by atoms with Crippen molar-refractivity contribution in [3.63, 3.8) is 0 Å². The summed E-state index contributed by atoms with van der Waals surface area (Å²) in [5.41, 5.74) is 1.07. The smallest absolute Gasteiger partial charge is 0.270 e. The van der Waals surface area contributed by atoms with Gasteiger partial charge in [0.25, 0.3) is 5.69 Å². The van der Waals surface area contributed by atoms with Gasteiger partial charge in [-0.25, -0.2) is 4.68 Å². The molecular weight excluding hydrogens is 440 g/mol. The van der Waals surface area contributed by atoms with E-state index in [-0.39, 0.29) is 17.3 Å². The number of nitro benzene ring substituents is 1. The summed E-state index contributed by atoms with van der Waals surface area (Å²) in [6.07, 6.45) is 1.53. The Morgan fingerprint density at radius 3 is 2.85 bits per heavy atom. The Balaban J connectivity index is 1.64. The van der Waals surface area contributed by atoms with E-state index in [0.29, 0.717) is 26.9 Å². The van der Waals surface area contributed by atoms with E-state index in [1.165, 1.54) is 29.1 Å². The molecule has 2 aromatic heterocycles. The van der Waals surface area contributed by atoms with Crippen LogP contribution < -0.4 is 11.2 Å². The minimum Gasteiger partial charge on any atom is -0.469 e. The molecule has 12 heteroatoms. The third-order valence-electron chi connectivity index (χ3n) is 3.53. The molecular formula is C15H13BrN6O4S. The number of nitrogens with two attached hydrogens (primary N) is 1. The molecule has 0 unspecified atom stereocenters. The molecule has 1 aromatic carbocycles. The van der Waals surface area contributed by atoms with Crippen molar-refractivity contribution >= 4 is 45.0 Å². The van der Waals surface area contributed by atoms with Crippen LogP contribution in [-0.4, -0.2) is 31.5 Å². The maximum atomic E-state index is 12.2. The number of carbonyl (C=O) groups is 1. The SMILES string of the molecule is Cc1occc1-c1nnc(SCC(=O)Nc2ccc([N+](=O)[O-])cc2Br)n1N. The first-order valence-electron chi connectivity index (χ1n) is 7.48. The highest BCUT2D eigenvalue weighted by molar-refractivity contribution is 9.10. The number of aromatic nitrogens is 3. The van der Waals surface area contributed by atoms with Gasteiger partial charge in [0.05, 0.1) is 28.2 Å². The topological polar surface area (TPSA) is 142 Å². The quantitative estimate of drug-likeness (QED) is 0.251. The summed E-state index contributed by atoms with van der Waals surface area (Å²) in [6.45, 7) is 1.78. The number of carbonyl (C=O) groups excluding carboxylic acids is 1. The van der Waals surface area contributed by atoms with Crippen molar-refractivity contribution in [3.05, 3.63) is 50.9 Å². The zero-order valence-electron chi connectivity index (χ0n) is 13.9. The van der Waals surface area contributed by atoms with Gasteiger partial charge in [-0.1, -0.05) is 11.8 Å². The highest BCUT2D eigenvalue weighted by Gasteiger charge is 2.17. The maximum Gasteiger partial charge on any atom is 0.270 e. The van der Waals surface area contributed by atoms with E-state index < -0.39 is 4.92 Å². The Kier molecular flexibility index (Phi) is 5.46. The molecule has 0 saturated carbocycles. The van der Waals surface area contributed by atoms with Gasteiger partial charge in [-0.05, 0) is 35.0 Å². The number of hydrogen-bond donors (Lipinski definition) is 2. The van der Waals surface area contributed by atoms with Crippen molar-refractivity contribution in [1.82, 2.24) is 14.9 Å². The number of aryl methyl sites for hydroxylation is 1. The Morgan fingerprint density at radius 1 is 1.44 bits per heavy atom. The molecule has 0 radical (unpaired) electrons. The van der Waals surface area contributed by atoms with Gasteiger partial charge in [-0.3, -0.25) is 14.9 Å². The van der Waals surface area contributed by atoms with Crippen LogP contribution in [0.1, 0.15) is 5.76 Å². The fourth-order valence-corrected chi connectivity index (χ4v) is 3.33. The molecule has 3 N–H and O–H groups in total. The lowest BCUT2D eigenvalue weighted by atomic mass is 10.2. The third kappa shape index (κ3) is 4.11. The van der Waals surface area contributed by atoms with E-state index in [1.54, 1.807) is 13.0 Å². The normalized spacial score (nSPS) is 10.7. The maximum absolute atomic E-state index is 12.2. The fourth-order valence-electron chi connectivity index (χ4n) is 2.21. The molecule has 3 rings (SSSR count). The van der Waals surface area contributed by atoms with Gasteiger partial charge in [0.1, 0.15) is 5.76 Å². The Bertz CT molecular complexity index is 1020. The van der Waals surface area contributed by atoms with Gasteiger partial charge in [0.2, 0.25) is 11.1 Å². The minimum absolute atomic E-state index is 0.0309. The average molecular weight is 453 g/mol. The van der Waals surface area contributed by atoms with E-state index >= 15 is 0 Å². The Labute approximate surface area is 165 Å². The summed E-state index contributed by atoms with van der Waals surface area (Å²) in [5, 5.41) is 21.8. The highest BCUT2D eigenvalue weighted by atomic mass is 79.9. The average Bonchev–Trinajstić information content (AvgIpc) is 3.20. The fraction of sp³-hybridized carbons (Fsp3) is 0.133. The third-order valence-corrected chi connectivity index (χ3v) is 5.13. The molecule has 0 fully saturated rings. The summed E-state index contributed by atoms with van der Waals surface area (Å²) < 4.78 is 6.93. The van der Waals surface area contributed by atoms with Gasteiger partial charge in [0, 0.05) is 16.6 Å². The van der Waals surface area contributed by atoms with Gasteiger partial charge in [0.15, 0.2) is 5.82 Å². The number of halogens is 1. The van der Waals surface area contributed by atoms with Crippen LogP contribution in [0.3, 0.4) is 0 Å². The molecule has 0 aliphatic rings. The van der Waals surface area contributed by atoms with Crippen molar-refractivity contribution in [3.8, 4) is 11.4 Å². The second-order valence-electron chi connectivity index (χ2n) is 5.32. The van der Waals surface area contributed by atoms with Crippen LogP contribution in [-0.2, 0) is 4.79 Å². The number of nitrogens with zero attached hydrogens (tertiary/aromatic N) is 4. The number of non-ortho nitro benzene ring substituents is 1. The number of furan rings is 1. The molecule has 140 valence electrons. The van der Waals surface area contributed by atoms with Crippen molar-refractivity contribution in [2.24, 2.45) is 0 Å². The zero-order chi connectivity index (χ0) is 19.6. The molecule has 0 aliphatic heterocycles. The number of nitro groups is 1. The van der Waals surface area contributed by atoms with E-state index in [4.69, 9.17) is 10.3 Å². The van der Waals surface area contributed by atoms with Crippen LogP contribution in [0.25, 0.3) is 11.4 Å². The lowest BCUT2D eigenvalue weighted by molar-refractivity contribution is -0.384. The van der Waals surface area contributed by atoms with Crippen molar-refractivity contribution < 1.29 is 14.1 Å². The number of benzene rings is 1. The van der Waals surface area contributed by atoms with E-state index in [1.807, 2.05) is 0 Å². The lowest BCUT2D eigenvalue weighted by Crippen LogP contribution is -2.16. The van der Waals surface area contributed by atoms with Crippen molar-refractivity contribution in [2.45, 2.75) is 12.1 Å². The predicted octanol–water partition coefficient (Wildman–Crippen LogP) is 2.96.